The first-order valence-electron chi connectivity index (χ1n) is 5.67. The van der Waals surface area contributed by atoms with Gasteiger partial charge in [-0.1, -0.05) is 68.2 Å². The number of allylic oxidation sites excluding steroid dienone is 1. The van der Waals surface area contributed by atoms with Gasteiger partial charge in [0.05, 0.1) is 0 Å². The van der Waals surface area contributed by atoms with E-state index in [-0.39, 0.29) is 0 Å². The van der Waals surface area contributed by atoms with Gasteiger partial charge in [0, 0.05) is 0 Å². The lowest BCUT2D eigenvalue weighted by atomic mass is 10.0. The zero-order valence-corrected chi connectivity index (χ0v) is 8.65. The van der Waals surface area contributed by atoms with E-state index in [0.717, 1.165) is 5.92 Å². The minimum atomic E-state index is 0.968. The molecule has 0 radical (unpaired) electrons. The zero-order valence-electron chi connectivity index (χ0n) is 8.65. The molecule has 0 saturated heterocycles. The summed E-state index contributed by atoms with van der Waals surface area (Å²) in [4.78, 5) is 0. The minimum absolute atomic E-state index is 0.968. The predicted molar refractivity (Wildman–Crippen MR) is 62.1 cm³/mol. The highest BCUT2D eigenvalue weighted by molar-refractivity contribution is 5.48. The third-order valence-electron chi connectivity index (χ3n) is 3.05. The summed E-state index contributed by atoms with van der Waals surface area (Å²) in [7, 11) is 0. The highest BCUT2D eigenvalue weighted by Gasteiger charge is 2.12. The second-order valence-electron chi connectivity index (χ2n) is 4.20. The first-order valence-corrected chi connectivity index (χ1v) is 5.67. The second-order valence-corrected chi connectivity index (χ2v) is 4.20. The Morgan fingerprint density at radius 3 is 2.50 bits per heavy atom. The third-order valence-corrected chi connectivity index (χ3v) is 3.05. The van der Waals surface area contributed by atoms with Gasteiger partial charge in [-0.05, 0) is 17.9 Å². The van der Waals surface area contributed by atoms with E-state index in [4.69, 9.17) is 0 Å². The molecule has 1 aromatic rings. The fourth-order valence-corrected chi connectivity index (χ4v) is 2.21. The summed E-state index contributed by atoms with van der Waals surface area (Å²) < 4.78 is 0. The van der Waals surface area contributed by atoms with Crippen LogP contribution in [0, 0.1) is 5.92 Å². The van der Waals surface area contributed by atoms with Gasteiger partial charge in [-0.3, -0.25) is 0 Å². The van der Waals surface area contributed by atoms with Gasteiger partial charge in [0.1, 0.15) is 0 Å². The summed E-state index contributed by atoms with van der Waals surface area (Å²) in [6, 6.07) is 10.6. The molecule has 1 aromatic carbocycles. The molecule has 0 unspecified atom stereocenters. The second kappa shape index (κ2) is 4.99. The molecule has 1 aliphatic carbocycles. The topological polar surface area (TPSA) is 0 Å². The lowest BCUT2D eigenvalue weighted by Gasteiger charge is -2.02. The van der Waals surface area contributed by atoms with E-state index in [9.17, 15) is 0 Å². The molecular formula is C14H18. The van der Waals surface area contributed by atoms with E-state index in [0.29, 0.717) is 0 Å². The molecule has 0 aliphatic heterocycles. The molecule has 2 rings (SSSR count). The average molecular weight is 186 g/mol. The maximum atomic E-state index is 2.34. The predicted octanol–water partition coefficient (Wildman–Crippen LogP) is 4.28. The van der Waals surface area contributed by atoms with E-state index in [1.165, 1.54) is 37.7 Å². The Hall–Kier alpha value is -1.04. The van der Waals surface area contributed by atoms with Crippen LogP contribution in [0.2, 0.25) is 0 Å². The average Bonchev–Trinajstić information content (AvgIpc) is 2.72. The van der Waals surface area contributed by atoms with Crippen molar-refractivity contribution in [2.75, 3.05) is 0 Å². The van der Waals surface area contributed by atoms with Crippen molar-refractivity contribution in [2.24, 2.45) is 5.92 Å². The molecule has 0 bridgehead atoms. The van der Waals surface area contributed by atoms with E-state index >= 15 is 0 Å². The number of hydrogen-bond acceptors (Lipinski definition) is 0. The molecule has 0 nitrogen and oxygen atoms in total. The Labute approximate surface area is 86.7 Å². The first-order chi connectivity index (χ1) is 6.95. The Morgan fingerprint density at radius 1 is 1.07 bits per heavy atom. The quantitative estimate of drug-likeness (QED) is 0.661. The van der Waals surface area contributed by atoms with Gasteiger partial charge in [-0.2, -0.15) is 0 Å². The van der Waals surface area contributed by atoms with Crippen LogP contribution in [-0.2, 0) is 0 Å². The summed E-state index contributed by atoms with van der Waals surface area (Å²) in [6.45, 7) is 0. The number of hydrogen-bond donors (Lipinski definition) is 0. The van der Waals surface area contributed by atoms with Crippen LogP contribution in [0.1, 0.15) is 37.7 Å². The molecule has 74 valence electrons. The van der Waals surface area contributed by atoms with Crippen LogP contribution in [-0.4, -0.2) is 0 Å². The van der Waals surface area contributed by atoms with Gasteiger partial charge < -0.3 is 0 Å². The maximum absolute atomic E-state index is 2.34. The standard InChI is InChI=1S/C14H18/c1-2-7-13(8-3-1)11-6-12-14-9-4-5-10-14/h1-3,6-8,11,14H,4-5,9-10,12H2/b11-6-. The van der Waals surface area contributed by atoms with E-state index in [2.05, 4.69) is 42.5 Å². The molecular weight excluding hydrogens is 168 g/mol. The normalized spacial score (nSPS) is 18.0. The van der Waals surface area contributed by atoms with Crippen molar-refractivity contribution in [3.63, 3.8) is 0 Å². The fraction of sp³-hybridized carbons (Fsp3) is 0.429. The zero-order chi connectivity index (χ0) is 9.64. The Balaban J connectivity index is 1.82. The first kappa shape index (κ1) is 9.51. The largest absolute Gasteiger partial charge is 0.0837 e. The van der Waals surface area contributed by atoms with Crippen molar-refractivity contribution in [1.29, 1.82) is 0 Å². The van der Waals surface area contributed by atoms with Crippen molar-refractivity contribution < 1.29 is 0 Å². The fourth-order valence-electron chi connectivity index (χ4n) is 2.21. The summed E-state index contributed by atoms with van der Waals surface area (Å²) in [6.07, 6.45) is 11.6. The molecule has 0 amide bonds. The van der Waals surface area contributed by atoms with Gasteiger partial charge in [0.15, 0.2) is 0 Å². The maximum Gasteiger partial charge on any atom is -0.0260 e. The van der Waals surface area contributed by atoms with Crippen LogP contribution < -0.4 is 0 Å². The Kier molecular flexibility index (Phi) is 3.39. The molecule has 0 heteroatoms. The molecule has 1 saturated carbocycles. The molecule has 0 spiro atoms. The van der Waals surface area contributed by atoms with E-state index in [1.54, 1.807) is 0 Å². The lowest BCUT2D eigenvalue weighted by Crippen LogP contribution is -1.88. The van der Waals surface area contributed by atoms with Crippen molar-refractivity contribution in [3.05, 3.63) is 42.0 Å². The smallest absolute Gasteiger partial charge is 0.0260 e. The van der Waals surface area contributed by atoms with Crippen LogP contribution >= 0.6 is 0 Å². The highest BCUT2D eigenvalue weighted by Crippen LogP contribution is 2.27. The molecule has 1 aliphatic rings. The molecule has 0 N–H and O–H groups in total. The minimum Gasteiger partial charge on any atom is -0.0837 e. The Bertz CT molecular complexity index is 278. The van der Waals surface area contributed by atoms with Gasteiger partial charge in [-0.15, -0.1) is 0 Å². The van der Waals surface area contributed by atoms with Crippen LogP contribution in [0.25, 0.3) is 6.08 Å². The van der Waals surface area contributed by atoms with Crippen molar-refractivity contribution in [2.45, 2.75) is 32.1 Å². The molecule has 0 heterocycles. The van der Waals surface area contributed by atoms with E-state index in [1.807, 2.05) is 0 Å². The summed E-state index contributed by atoms with van der Waals surface area (Å²) in [5, 5.41) is 0. The molecule has 1 fully saturated rings. The van der Waals surface area contributed by atoms with Crippen LogP contribution in [0.3, 0.4) is 0 Å². The van der Waals surface area contributed by atoms with Gasteiger partial charge in [0.25, 0.3) is 0 Å². The van der Waals surface area contributed by atoms with Crippen LogP contribution in [0.5, 0.6) is 0 Å². The van der Waals surface area contributed by atoms with Crippen LogP contribution in [0.4, 0.5) is 0 Å². The number of benzene rings is 1. The monoisotopic (exact) mass is 186 g/mol. The summed E-state index contributed by atoms with van der Waals surface area (Å²) in [5.74, 6) is 0.968. The summed E-state index contributed by atoms with van der Waals surface area (Å²) in [5.41, 5.74) is 1.32. The third kappa shape index (κ3) is 2.73. The summed E-state index contributed by atoms with van der Waals surface area (Å²) >= 11 is 0. The van der Waals surface area contributed by atoms with Crippen molar-refractivity contribution in [3.8, 4) is 0 Å². The van der Waals surface area contributed by atoms with Crippen molar-refractivity contribution >= 4 is 6.08 Å². The highest BCUT2D eigenvalue weighted by atomic mass is 14.2. The van der Waals surface area contributed by atoms with Gasteiger partial charge in [0.2, 0.25) is 0 Å². The molecule has 0 atom stereocenters. The van der Waals surface area contributed by atoms with Crippen molar-refractivity contribution in [1.82, 2.24) is 0 Å². The van der Waals surface area contributed by atoms with Gasteiger partial charge in [-0.25, -0.2) is 0 Å². The number of rotatable bonds is 3. The van der Waals surface area contributed by atoms with Crippen LogP contribution in [0.15, 0.2) is 36.4 Å². The SMILES string of the molecule is C(=C/c1ccccc1)/CC1CCCC1. The Morgan fingerprint density at radius 2 is 1.79 bits per heavy atom. The van der Waals surface area contributed by atoms with Gasteiger partial charge >= 0.3 is 0 Å². The lowest BCUT2D eigenvalue weighted by molar-refractivity contribution is 0.559. The molecule has 14 heavy (non-hydrogen) atoms. The van der Waals surface area contributed by atoms with E-state index < -0.39 is 0 Å². The molecule has 0 aromatic heterocycles.